The number of hydrogen-bond acceptors (Lipinski definition) is 6. The third-order valence-corrected chi connectivity index (χ3v) is 4.45. The van der Waals surface area contributed by atoms with Crippen LogP contribution in [0.25, 0.3) is 0 Å². The van der Waals surface area contributed by atoms with Crippen LogP contribution in [0.3, 0.4) is 0 Å². The molecule has 0 aliphatic rings. The van der Waals surface area contributed by atoms with Gasteiger partial charge in [-0.05, 0) is 38.5 Å². The third-order valence-electron chi connectivity index (χ3n) is 3.51. The summed E-state index contributed by atoms with van der Waals surface area (Å²) in [6.45, 7) is 5.97. The van der Waals surface area contributed by atoms with Crippen molar-refractivity contribution >= 4 is 29.1 Å². The molecule has 1 aromatic carbocycles. The van der Waals surface area contributed by atoms with Gasteiger partial charge < -0.3 is 4.42 Å². The second-order valence-electron chi connectivity index (χ2n) is 5.55. The minimum Gasteiger partial charge on any atom is -0.400 e. The molecular formula is C17H16N4O3S. The number of thiazole rings is 1. The quantitative estimate of drug-likeness (QED) is 0.401. The van der Waals surface area contributed by atoms with Crippen molar-refractivity contribution in [3.63, 3.8) is 0 Å². The van der Waals surface area contributed by atoms with E-state index in [0.717, 1.165) is 16.9 Å². The zero-order valence-electron chi connectivity index (χ0n) is 14.0. The van der Waals surface area contributed by atoms with Crippen LogP contribution in [0.1, 0.15) is 22.6 Å². The summed E-state index contributed by atoms with van der Waals surface area (Å²) in [5.41, 5.74) is 4.06. The Morgan fingerprint density at radius 1 is 1.24 bits per heavy atom. The smallest absolute Gasteiger partial charge is 0.400 e. The van der Waals surface area contributed by atoms with E-state index in [4.69, 9.17) is 4.42 Å². The van der Waals surface area contributed by atoms with E-state index in [1.54, 1.807) is 4.68 Å². The fourth-order valence-corrected chi connectivity index (χ4v) is 3.08. The number of nitro groups is 1. The van der Waals surface area contributed by atoms with Crippen molar-refractivity contribution in [2.24, 2.45) is 10.1 Å². The Labute approximate surface area is 147 Å². The average molecular weight is 356 g/mol. The first kappa shape index (κ1) is 16.8. The second kappa shape index (κ2) is 6.86. The number of rotatable bonds is 4. The summed E-state index contributed by atoms with van der Waals surface area (Å²) in [5, 5.41) is 17.0. The van der Waals surface area contributed by atoms with Crippen LogP contribution in [0.5, 0.6) is 0 Å². The molecule has 2 heterocycles. The number of benzene rings is 1. The van der Waals surface area contributed by atoms with Gasteiger partial charge in [0.25, 0.3) is 0 Å². The van der Waals surface area contributed by atoms with Crippen molar-refractivity contribution in [1.82, 2.24) is 4.68 Å². The minimum absolute atomic E-state index is 0.308. The molecule has 0 bridgehead atoms. The molecule has 0 fully saturated rings. The highest BCUT2D eigenvalue weighted by atomic mass is 32.1. The van der Waals surface area contributed by atoms with Gasteiger partial charge >= 0.3 is 5.88 Å². The normalized spacial score (nSPS) is 12.2. The largest absolute Gasteiger partial charge is 0.433 e. The van der Waals surface area contributed by atoms with E-state index in [2.05, 4.69) is 16.2 Å². The Hall–Kier alpha value is -3.00. The van der Waals surface area contributed by atoms with Gasteiger partial charge in [-0.2, -0.15) is 5.10 Å². The molecule has 0 amide bonds. The van der Waals surface area contributed by atoms with Gasteiger partial charge in [0.2, 0.25) is 4.80 Å². The van der Waals surface area contributed by atoms with Gasteiger partial charge in [0.05, 0.1) is 23.7 Å². The number of aryl methyl sites for hydroxylation is 3. The molecule has 0 unspecified atom stereocenters. The zero-order chi connectivity index (χ0) is 18.0. The maximum absolute atomic E-state index is 10.7. The lowest BCUT2D eigenvalue weighted by Crippen LogP contribution is -2.11. The summed E-state index contributed by atoms with van der Waals surface area (Å²) in [6, 6.07) is 8.87. The number of aromatic nitrogens is 1. The highest BCUT2D eigenvalue weighted by molar-refractivity contribution is 7.07. The van der Waals surface area contributed by atoms with E-state index in [9.17, 15) is 10.1 Å². The van der Waals surface area contributed by atoms with Crippen LogP contribution in [-0.2, 0) is 0 Å². The SMILES string of the molecule is Cc1ccc(N=c2scc(C)n2N=Cc2ccc([N+](=O)[O-])o2)c(C)c1. The van der Waals surface area contributed by atoms with Crippen LogP contribution in [0.2, 0.25) is 0 Å². The highest BCUT2D eigenvalue weighted by Gasteiger charge is 2.10. The van der Waals surface area contributed by atoms with Gasteiger partial charge in [-0.3, -0.25) is 10.1 Å². The number of hydrogen-bond donors (Lipinski definition) is 0. The first-order valence-electron chi connectivity index (χ1n) is 7.52. The van der Waals surface area contributed by atoms with Gasteiger partial charge in [0, 0.05) is 5.38 Å². The molecule has 2 aromatic heterocycles. The summed E-state index contributed by atoms with van der Waals surface area (Å²) >= 11 is 1.47. The third kappa shape index (κ3) is 3.74. The lowest BCUT2D eigenvalue weighted by atomic mass is 10.1. The van der Waals surface area contributed by atoms with E-state index in [1.807, 2.05) is 38.3 Å². The fourth-order valence-electron chi connectivity index (χ4n) is 2.26. The Morgan fingerprint density at radius 2 is 2.04 bits per heavy atom. The molecule has 0 saturated carbocycles. The lowest BCUT2D eigenvalue weighted by Gasteiger charge is -2.01. The first-order chi connectivity index (χ1) is 11.9. The topological polar surface area (TPSA) is 85.9 Å². The molecule has 0 aliphatic carbocycles. The predicted molar refractivity (Wildman–Crippen MR) is 96.5 cm³/mol. The zero-order valence-corrected chi connectivity index (χ0v) is 14.8. The van der Waals surface area contributed by atoms with Crippen LogP contribution in [0, 0.1) is 30.9 Å². The van der Waals surface area contributed by atoms with Gasteiger partial charge in [-0.1, -0.05) is 17.7 Å². The molecule has 0 spiro atoms. The molecule has 25 heavy (non-hydrogen) atoms. The van der Waals surface area contributed by atoms with Crippen LogP contribution < -0.4 is 4.80 Å². The van der Waals surface area contributed by atoms with Crippen molar-refractivity contribution in [2.75, 3.05) is 0 Å². The number of nitrogens with zero attached hydrogens (tertiary/aromatic N) is 4. The van der Waals surface area contributed by atoms with Crippen LogP contribution >= 0.6 is 11.3 Å². The van der Waals surface area contributed by atoms with Gasteiger partial charge in [-0.15, -0.1) is 11.3 Å². The van der Waals surface area contributed by atoms with E-state index in [-0.39, 0.29) is 5.88 Å². The first-order valence-corrected chi connectivity index (χ1v) is 8.40. The Bertz CT molecular complexity index is 1030. The monoisotopic (exact) mass is 356 g/mol. The maximum atomic E-state index is 10.7. The number of furan rings is 1. The minimum atomic E-state index is -0.582. The van der Waals surface area contributed by atoms with Crippen molar-refractivity contribution in [3.8, 4) is 0 Å². The molecule has 7 nitrogen and oxygen atoms in total. The molecule has 3 rings (SSSR count). The fraction of sp³-hybridized carbons (Fsp3) is 0.176. The Morgan fingerprint density at radius 3 is 2.72 bits per heavy atom. The van der Waals surface area contributed by atoms with Gasteiger partial charge in [-0.25, -0.2) is 9.67 Å². The molecule has 8 heteroatoms. The molecule has 0 N–H and O–H groups in total. The highest BCUT2D eigenvalue weighted by Crippen LogP contribution is 2.19. The summed E-state index contributed by atoms with van der Waals surface area (Å²) in [6.07, 6.45) is 1.44. The lowest BCUT2D eigenvalue weighted by molar-refractivity contribution is -0.402. The van der Waals surface area contributed by atoms with Crippen molar-refractivity contribution in [1.29, 1.82) is 0 Å². The summed E-state index contributed by atoms with van der Waals surface area (Å²) in [4.78, 5) is 15.5. The van der Waals surface area contributed by atoms with E-state index in [1.165, 1.54) is 35.2 Å². The van der Waals surface area contributed by atoms with Gasteiger partial charge in [0.1, 0.15) is 4.92 Å². The molecule has 0 atom stereocenters. The molecule has 3 aromatic rings. The van der Waals surface area contributed by atoms with Crippen molar-refractivity contribution in [3.05, 3.63) is 73.2 Å². The van der Waals surface area contributed by atoms with Crippen molar-refractivity contribution < 1.29 is 9.34 Å². The average Bonchev–Trinajstić information content (AvgIpc) is 3.16. The summed E-state index contributed by atoms with van der Waals surface area (Å²) < 4.78 is 6.76. The molecule has 0 radical (unpaired) electrons. The molecule has 0 aliphatic heterocycles. The van der Waals surface area contributed by atoms with Crippen LogP contribution in [0.4, 0.5) is 11.6 Å². The molecule has 0 saturated heterocycles. The molecular weight excluding hydrogens is 340 g/mol. The van der Waals surface area contributed by atoms with E-state index >= 15 is 0 Å². The van der Waals surface area contributed by atoms with Crippen LogP contribution in [0.15, 0.2) is 50.2 Å². The Kier molecular flexibility index (Phi) is 4.62. The van der Waals surface area contributed by atoms with Crippen LogP contribution in [-0.4, -0.2) is 15.8 Å². The van der Waals surface area contributed by atoms with Crippen molar-refractivity contribution in [2.45, 2.75) is 20.8 Å². The van der Waals surface area contributed by atoms with E-state index < -0.39 is 4.92 Å². The molecule has 128 valence electrons. The maximum Gasteiger partial charge on any atom is 0.433 e. The Balaban J connectivity index is 1.97. The summed E-state index contributed by atoms with van der Waals surface area (Å²) in [7, 11) is 0. The summed E-state index contributed by atoms with van der Waals surface area (Å²) in [5.74, 6) is -0.00375. The van der Waals surface area contributed by atoms with E-state index in [0.29, 0.717) is 10.6 Å². The second-order valence-corrected chi connectivity index (χ2v) is 6.39. The standard InChI is InChI=1S/C17H16N4O3S/c1-11-4-6-15(12(2)8-11)19-17-20(13(3)10-25-17)18-9-14-5-7-16(24-14)21(22)23/h4-10H,1-3H3. The predicted octanol–water partition coefficient (Wildman–Crippen LogP) is 4.09. The van der Waals surface area contributed by atoms with Gasteiger partial charge in [0.15, 0.2) is 5.76 Å².